The van der Waals surface area contributed by atoms with Gasteiger partial charge in [0.2, 0.25) is 17.8 Å². The van der Waals surface area contributed by atoms with Gasteiger partial charge in [0, 0.05) is 44.3 Å². The lowest BCUT2D eigenvalue weighted by molar-refractivity contribution is 0.274. The fraction of sp³-hybridized carbons (Fsp3) is 0.824. The van der Waals surface area contributed by atoms with Crippen LogP contribution in [0.1, 0.15) is 26.2 Å². The van der Waals surface area contributed by atoms with Crippen molar-refractivity contribution in [1.29, 1.82) is 0 Å². The summed E-state index contributed by atoms with van der Waals surface area (Å²) < 4.78 is 0. The molecular weight excluding hydrogens is 358 g/mol. The molecule has 1 aromatic heterocycles. The molecule has 2 aliphatic rings. The molecule has 0 aromatic carbocycles. The average molecular weight is 394 g/mol. The molecule has 3 rings (SSSR count). The first kappa shape index (κ1) is 20.9. The Morgan fingerprint density at radius 2 is 1.61 bits per heavy atom. The highest BCUT2D eigenvalue weighted by Crippen LogP contribution is 2.24. The van der Waals surface area contributed by atoms with Crippen LogP contribution < -0.4 is 43.4 Å². The normalized spacial score (nSPS) is 31.1. The molecule has 11 nitrogen and oxygen atoms in total. The summed E-state index contributed by atoms with van der Waals surface area (Å²) in [6.45, 7) is 5.41. The van der Waals surface area contributed by atoms with E-state index < -0.39 is 5.66 Å². The molecule has 0 unspecified atom stereocenters. The van der Waals surface area contributed by atoms with Gasteiger partial charge in [-0.15, -0.1) is 0 Å². The van der Waals surface area contributed by atoms with Crippen LogP contribution in [-0.4, -0.2) is 78.5 Å². The number of likely N-dealkylation sites (N-methyl/N-ethyl adjacent to an activating group) is 1. The minimum absolute atomic E-state index is 0.000378. The van der Waals surface area contributed by atoms with Gasteiger partial charge in [0.15, 0.2) is 0 Å². The Kier molecular flexibility index (Phi) is 6.50. The molecule has 10 N–H and O–H groups in total. The molecule has 11 heteroatoms. The third-order valence-electron chi connectivity index (χ3n) is 5.28. The van der Waals surface area contributed by atoms with Crippen LogP contribution in [0.3, 0.4) is 0 Å². The highest BCUT2D eigenvalue weighted by Gasteiger charge is 2.36. The monoisotopic (exact) mass is 393 g/mol. The highest BCUT2D eigenvalue weighted by atomic mass is 15.4. The Morgan fingerprint density at radius 3 is 2.21 bits per heavy atom. The zero-order valence-electron chi connectivity index (χ0n) is 16.9. The van der Waals surface area contributed by atoms with E-state index in [0.29, 0.717) is 50.4 Å². The Balaban J connectivity index is 1.91. The standard InChI is InChI=1S/C17H35N11/c1-3-4-23-14-24-15(27-7-11(18)5-12(19)8-27)26-16(25-14)28-9-13(20)6-17(21,10-28)22-2/h11-13,22H,3-10,18-21H2,1-2H3,(H,23,24,25,26)/t11-,12+,13-,17-/m1/s1. The zero-order chi connectivity index (χ0) is 20.3. The van der Waals surface area contributed by atoms with E-state index in [2.05, 4.69) is 27.5 Å². The van der Waals surface area contributed by atoms with Crippen molar-refractivity contribution in [3.05, 3.63) is 0 Å². The molecule has 2 fully saturated rings. The van der Waals surface area contributed by atoms with E-state index in [1.165, 1.54) is 0 Å². The van der Waals surface area contributed by atoms with E-state index in [1.807, 2.05) is 16.8 Å². The fourth-order valence-electron chi connectivity index (χ4n) is 3.91. The maximum absolute atomic E-state index is 6.45. The van der Waals surface area contributed by atoms with Crippen molar-refractivity contribution >= 4 is 17.8 Å². The van der Waals surface area contributed by atoms with Gasteiger partial charge >= 0.3 is 0 Å². The Labute approximate surface area is 166 Å². The molecular formula is C17H35N11. The van der Waals surface area contributed by atoms with Crippen molar-refractivity contribution in [1.82, 2.24) is 20.3 Å². The van der Waals surface area contributed by atoms with Crippen LogP contribution in [0.15, 0.2) is 0 Å². The summed E-state index contributed by atoms with van der Waals surface area (Å²) in [6.07, 6.45) is 2.46. The molecule has 2 saturated heterocycles. The molecule has 0 saturated carbocycles. The van der Waals surface area contributed by atoms with Crippen LogP contribution in [0.4, 0.5) is 17.8 Å². The predicted molar refractivity (Wildman–Crippen MR) is 112 cm³/mol. The molecule has 28 heavy (non-hydrogen) atoms. The molecule has 4 atom stereocenters. The SMILES string of the molecule is CCCNc1nc(N2C[C@H](N)C[C@H](N)C2)nc(N2C[C@H](N)C[C@@](N)(NC)C2)n1. The molecule has 0 bridgehead atoms. The van der Waals surface area contributed by atoms with Gasteiger partial charge in [0.1, 0.15) is 0 Å². The molecule has 3 heterocycles. The lowest BCUT2D eigenvalue weighted by atomic mass is 9.96. The molecule has 0 radical (unpaired) electrons. The smallest absolute Gasteiger partial charge is 0.232 e. The highest BCUT2D eigenvalue weighted by molar-refractivity contribution is 5.47. The number of nitrogens with zero attached hydrogens (tertiary/aromatic N) is 5. The maximum atomic E-state index is 6.45. The number of piperidine rings is 2. The summed E-state index contributed by atoms with van der Waals surface area (Å²) in [5.74, 6) is 1.69. The topological polar surface area (TPSA) is 173 Å². The van der Waals surface area contributed by atoms with Crippen LogP contribution in [0, 0.1) is 0 Å². The summed E-state index contributed by atoms with van der Waals surface area (Å²) in [5.41, 5.74) is 24.4. The summed E-state index contributed by atoms with van der Waals surface area (Å²) >= 11 is 0. The first-order chi connectivity index (χ1) is 13.3. The largest absolute Gasteiger partial charge is 0.354 e. The molecule has 1 aromatic rings. The molecule has 0 amide bonds. The van der Waals surface area contributed by atoms with E-state index in [4.69, 9.17) is 27.9 Å². The second-order valence-electron chi connectivity index (χ2n) is 8.10. The third-order valence-corrected chi connectivity index (χ3v) is 5.28. The van der Waals surface area contributed by atoms with Crippen molar-refractivity contribution in [3.8, 4) is 0 Å². The van der Waals surface area contributed by atoms with Crippen LogP contribution in [0.5, 0.6) is 0 Å². The average Bonchev–Trinajstić information content (AvgIpc) is 2.64. The van der Waals surface area contributed by atoms with E-state index in [0.717, 1.165) is 19.4 Å². The van der Waals surface area contributed by atoms with Gasteiger partial charge in [-0.25, -0.2) is 0 Å². The van der Waals surface area contributed by atoms with Gasteiger partial charge in [-0.3, -0.25) is 0 Å². The number of nitrogens with two attached hydrogens (primary N) is 4. The van der Waals surface area contributed by atoms with Crippen molar-refractivity contribution in [2.75, 3.05) is 54.9 Å². The van der Waals surface area contributed by atoms with E-state index >= 15 is 0 Å². The van der Waals surface area contributed by atoms with Gasteiger partial charge in [-0.05, 0) is 26.3 Å². The molecule has 2 aliphatic heterocycles. The number of hydrogen-bond acceptors (Lipinski definition) is 11. The van der Waals surface area contributed by atoms with Crippen molar-refractivity contribution in [3.63, 3.8) is 0 Å². The van der Waals surface area contributed by atoms with Gasteiger partial charge in [-0.1, -0.05) is 6.92 Å². The first-order valence-corrected chi connectivity index (χ1v) is 10.1. The van der Waals surface area contributed by atoms with Gasteiger partial charge < -0.3 is 43.4 Å². The van der Waals surface area contributed by atoms with E-state index in [9.17, 15) is 0 Å². The molecule has 158 valence electrons. The lowest BCUT2D eigenvalue weighted by Crippen LogP contribution is -2.67. The van der Waals surface area contributed by atoms with Crippen molar-refractivity contribution in [2.24, 2.45) is 22.9 Å². The quantitative estimate of drug-likeness (QED) is 0.294. The fourth-order valence-corrected chi connectivity index (χ4v) is 3.91. The third kappa shape index (κ3) is 4.97. The Hall–Kier alpha value is -1.79. The van der Waals surface area contributed by atoms with Crippen molar-refractivity contribution < 1.29 is 0 Å². The van der Waals surface area contributed by atoms with Gasteiger partial charge in [0.05, 0.1) is 12.2 Å². The second-order valence-corrected chi connectivity index (χ2v) is 8.10. The number of nitrogens with one attached hydrogen (secondary N) is 2. The van der Waals surface area contributed by atoms with Crippen LogP contribution in [0.25, 0.3) is 0 Å². The Bertz CT molecular complexity index is 646. The number of hydrogen-bond donors (Lipinski definition) is 6. The van der Waals surface area contributed by atoms with E-state index in [1.54, 1.807) is 0 Å². The molecule has 0 spiro atoms. The second kappa shape index (κ2) is 8.70. The first-order valence-electron chi connectivity index (χ1n) is 10.1. The maximum Gasteiger partial charge on any atom is 0.232 e. The van der Waals surface area contributed by atoms with E-state index in [-0.39, 0.29) is 18.1 Å². The lowest BCUT2D eigenvalue weighted by Gasteiger charge is -2.43. The van der Waals surface area contributed by atoms with Crippen LogP contribution in [-0.2, 0) is 0 Å². The van der Waals surface area contributed by atoms with Gasteiger partial charge in [0.25, 0.3) is 0 Å². The number of aromatic nitrogens is 3. The number of rotatable bonds is 6. The minimum Gasteiger partial charge on any atom is -0.354 e. The summed E-state index contributed by atoms with van der Waals surface area (Å²) in [4.78, 5) is 18.0. The zero-order valence-corrected chi connectivity index (χ0v) is 16.9. The molecule has 0 aliphatic carbocycles. The van der Waals surface area contributed by atoms with Crippen LogP contribution in [0.2, 0.25) is 0 Å². The number of anilines is 3. The summed E-state index contributed by atoms with van der Waals surface area (Å²) in [7, 11) is 1.85. The van der Waals surface area contributed by atoms with Gasteiger partial charge in [-0.2, -0.15) is 15.0 Å². The minimum atomic E-state index is -0.586. The van der Waals surface area contributed by atoms with Crippen LogP contribution >= 0.6 is 0 Å². The summed E-state index contributed by atoms with van der Waals surface area (Å²) in [6, 6.07) is -0.0730. The summed E-state index contributed by atoms with van der Waals surface area (Å²) in [5, 5.41) is 6.44. The van der Waals surface area contributed by atoms with Crippen molar-refractivity contribution in [2.45, 2.75) is 50.0 Å². The Morgan fingerprint density at radius 1 is 1.00 bits per heavy atom. The predicted octanol–water partition coefficient (Wildman–Crippen LogP) is -2.03.